The minimum absolute atomic E-state index is 0.0392. The topological polar surface area (TPSA) is 68.3 Å². The summed E-state index contributed by atoms with van der Waals surface area (Å²) in [5.41, 5.74) is 2.63. The van der Waals surface area contributed by atoms with Crippen LogP contribution < -0.4 is 0 Å². The largest absolute Gasteiger partial charge is 0.435 e. The van der Waals surface area contributed by atoms with Gasteiger partial charge in [-0.05, 0) is 36.5 Å². The Morgan fingerprint density at radius 1 is 1.27 bits per heavy atom. The van der Waals surface area contributed by atoms with Crippen LogP contribution in [0.4, 0.5) is 13.2 Å². The number of halogens is 3. The number of imidazole rings is 1. The lowest BCUT2D eigenvalue weighted by atomic mass is 10.0. The van der Waals surface area contributed by atoms with Crippen LogP contribution >= 0.6 is 0 Å². The Morgan fingerprint density at radius 3 is 2.76 bits per heavy atom. The number of aromatic nitrogens is 5. The maximum absolute atomic E-state index is 13.7. The highest BCUT2D eigenvalue weighted by atomic mass is 19.4. The third kappa shape index (κ3) is 4.69. The lowest BCUT2D eigenvalue weighted by molar-refractivity contribution is -0.141. The van der Waals surface area contributed by atoms with Crippen molar-refractivity contribution >= 4 is 11.6 Å². The second-order valence-electron chi connectivity index (χ2n) is 9.47. The van der Waals surface area contributed by atoms with E-state index in [2.05, 4.69) is 27.9 Å². The number of hydrogen-bond acceptors (Lipinski definition) is 4. The summed E-state index contributed by atoms with van der Waals surface area (Å²) in [6, 6.07) is 5.68. The number of amides is 1. The maximum Gasteiger partial charge on any atom is 0.435 e. The van der Waals surface area contributed by atoms with E-state index in [1.165, 1.54) is 18.6 Å². The Kier molecular flexibility index (Phi) is 6.23. The quantitative estimate of drug-likeness (QED) is 0.371. The lowest BCUT2D eigenvalue weighted by Crippen LogP contribution is -2.29. The first-order chi connectivity index (χ1) is 17.7. The standard InChI is InChI=1S/C27H25F3N6O/c1-4-9-35-16-21(24(33-35)27(28,29)30)23-14-32-25-22(31-8-11-36(23)25)13-19-5-6-20(18(3)12-19)26(37)34-10-7-17(2)15-34/h1,5-6,8,11-12,14,16-17H,7,9-10,13,15H2,2-3H3/t17-/m0/s1. The van der Waals surface area contributed by atoms with Gasteiger partial charge in [-0.15, -0.1) is 6.42 Å². The molecule has 0 saturated carbocycles. The normalized spacial score (nSPS) is 15.9. The third-order valence-corrected chi connectivity index (χ3v) is 6.66. The highest BCUT2D eigenvalue weighted by Gasteiger charge is 2.38. The number of aryl methyl sites for hydroxylation is 1. The van der Waals surface area contributed by atoms with Gasteiger partial charge in [0.2, 0.25) is 0 Å². The molecule has 1 fully saturated rings. The van der Waals surface area contributed by atoms with E-state index >= 15 is 0 Å². The Morgan fingerprint density at radius 2 is 2.08 bits per heavy atom. The van der Waals surface area contributed by atoms with Crippen molar-refractivity contribution in [2.75, 3.05) is 13.1 Å². The number of alkyl halides is 3. The second-order valence-corrected chi connectivity index (χ2v) is 9.47. The SMILES string of the molecule is C#CCn1cc(-c2cnc3c(Cc4ccc(C(=O)N5CC[C@H](C)C5)c(C)c4)nccn23)c(C(F)(F)F)n1. The number of fused-ring (bicyclic) bond motifs is 1. The van der Waals surface area contributed by atoms with E-state index in [0.717, 1.165) is 35.3 Å². The average Bonchev–Trinajstić information content (AvgIpc) is 3.57. The van der Waals surface area contributed by atoms with E-state index in [1.54, 1.807) is 10.6 Å². The molecule has 10 heteroatoms. The summed E-state index contributed by atoms with van der Waals surface area (Å²) >= 11 is 0. The van der Waals surface area contributed by atoms with Crippen molar-refractivity contribution in [1.29, 1.82) is 0 Å². The molecule has 4 aromatic rings. The molecule has 3 aromatic heterocycles. The summed E-state index contributed by atoms with van der Waals surface area (Å²) in [7, 11) is 0. The minimum atomic E-state index is -4.65. The van der Waals surface area contributed by atoms with E-state index < -0.39 is 11.9 Å². The van der Waals surface area contributed by atoms with Gasteiger partial charge < -0.3 is 4.90 Å². The van der Waals surface area contributed by atoms with Crippen molar-refractivity contribution in [3.8, 4) is 23.6 Å². The number of carbonyl (C=O) groups excluding carboxylic acids is 1. The minimum Gasteiger partial charge on any atom is -0.338 e. The molecule has 5 rings (SSSR count). The molecule has 1 saturated heterocycles. The summed E-state index contributed by atoms with van der Waals surface area (Å²) in [5, 5.41) is 3.65. The summed E-state index contributed by atoms with van der Waals surface area (Å²) < 4.78 is 43.8. The number of benzene rings is 1. The molecular formula is C27H25F3N6O. The van der Waals surface area contributed by atoms with E-state index in [4.69, 9.17) is 6.42 Å². The van der Waals surface area contributed by atoms with Crippen LogP contribution in [-0.2, 0) is 19.1 Å². The van der Waals surface area contributed by atoms with E-state index in [9.17, 15) is 18.0 Å². The van der Waals surface area contributed by atoms with Crippen LogP contribution in [0.3, 0.4) is 0 Å². The van der Waals surface area contributed by atoms with Crippen molar-refractivity contribution in [2.24, 2.45) is 5.92 Å². The third-order valence-electron chi connectivity index (χ3n) is 6.66. The van der Waals surface area contributed by atoms with Crippen molar-refractivity contribution < 1.29 is 18.0 Å². The van der Waals surface area contributed by atoms with Crippen molar-refractivity contribution in [3.63, 3.8) is 0 Å². The Hall–Kier alpha value is -4.13. The van der Waals surface area contributed by atoms with Gasteiger partial charge in [0.25, 0.3) is 5.91 Å². The maximum atomic E-state index is 13.7. The number of rotatable bonds is 5. The highest BCUT2D eigenvalue weighted by Crippen LogP contribution is 2.36. The first-order valence-corrected chi connectivity index (χ1v) is 11.9. The number of carbonyl (C=O) groups is 1. The van der Waals surface area contributed by atoms with Crippen LogP contribution in [0, 0.1) is 25.2 Å². The second kappa shape index (κ2) is 9.39. The predicted molar refractivity (Wildman–Crippen MR) is 132 cm³/mol. The van der Waals surface area contributed by atoms with Gasteiger partial charge in [0, 0.05) is 43.7 Å². The van der Waals surface area contributed by atoms with Crippen LogP contribution in [0.5, 0.6) is 0 Å². The zero-order valence-electron chi connectivity index (χ0n) is 20.5. The number of terminal acetylenes is 1. The van der Waals surface area contributed by atoms with E-state index in [-0.39, 0.29) is 23.7 Å². The molecule has 0 unspecified atom stereocenters. The zero-order valence-corrected chi connectivity index (χ0v) is 20.5. The lowest BCUT2D eigenvalue weighted by Gasteiger charge is -2.17. The molecule has 7 nitrogen and oxygen atoms in total. The Balaban J connectivity index is 1.46. The van der Waals surface area contributed by atoms with Gasteiger partial charge in [-0.2, -0.15) is 18.3 Å². The van der Waals surface area contributed by atoms with Gasteiger partial charge in [-0.3, -0.25) is 18.9 Å². The monoisotopic (exact) mass is 506 g/mol. The molecule has 0 spiro atoms. The highest BCUT2D eigenvalue weighted by molar-refractivity contribution is 5.95. The number of hydrogen-bond donors (Lipinski definition) is 0. The fourth-order valence-electron chi connectivity index (χ4n) is 4.85. The molecule has 1 aliphatic rings. The molecular weight excluding hydrogens is 481 g/mol. The van der Waals surface area contributed by atoms with E-state index in [0.29, 0.717) is 29.2 Å². The molecule has 190 valence electrons. The van der Waals surface area contributed by atoms with Crippen molar-refractivity contribution in [3.05, 3.63) is 71.1 Å². The molecule has 0 N–H and O–H groups in total. The molecule has 1 aliphatic heterocycles. The zero-order chi connectivity index (χ0) is 26.3. The first kappa shape index (κ1) is 24.6. The molecule has 37 heavy (non-hydrogen) atoms. The molecule has 0 bridgehead atoms. The Bertz CT molecular complexity index is 1530. The van der Waals surface area contributed by atoms with Crippen LogP contribution in [0.25, 0.3) is 16.9 Å². The summed E-state index contributed by atoms with van der Waals surface area (Å²) in [4.78, 5) is 23.7. The summed E-state index contributed by atoms with van der Waals surface area (Å²) in [6.07, 6.45) is 7.81. The van der Waals surface area contributed by atoms with Crippen molar-refractivity contribution in [2.45, 2.75) is 39.4 Å². The molecule has 1 aromatic carbocycles. The van der Waals surface area contributed by atoms with Gasteiger partial charge in [-0.25, -0.2) is 4.98 Å². The fraction of sp³-hybridized carbons (Fsp3) is 0.333. The van der Waals surface area contributed by atoms with Gasteiger partial charge in [-0.1, -0.05) is 25.0 Å². The fourth-order valence-corrected chi connectivity index (χ4v) is 4.85. The van der Waals surface area contributed by atoms with Crippen LogP contribution in [-0.4, -0.2) is 48.0 Å². The van der Waals surface area contributed by atoms with Crippen LogP contribution in [0.15, 0.2) is 43.0 Å². The molecule has 1 amide bonds. The number of likely N-dealkylation sites (tertiary alicyclic amines) is 1. The molecule has 0 aliphatic carbocycles. The Labute approximate surface area is 212 Å². The van der Waals surface area contributed by atoms with Crippen LogP contribution in [0.2, 0.25) is 0 Å². The first-order valence-electron chi connectivity index (χ1n) is 11.9. The van der Waals surface area contributed by atoms with Gasteiger partial charge >= 0.3 is 6.18 Å². The van der Waals surface area contributed by atoms with Crippen LogP contribution in [0.1, 0.15) is 46.2 Å². The predicted octanol–water partition coefficient (Wildman–Crippen LogP) is 4.63. The van der Waals surface area contributed by atoms with E-state index in [1.807, 2.05) is 30.0 Å². The molecule has 4 heterocycles. The average molecular weight is 507 g/mol. The molecule has 0 radical (unpaired) electrons. The summed E-state index contributed by atoms with van der Waals surface area (Å²) in [5.74, 6) is 2.85. The summed E-state index contributed by atoms with van der Waals surface area (Å²) in [6.45, 7) is 5.51. The smallest absolute Gasteiger partial charge is 0.338 e. The van der Waals surface area contributed by atoms with Crippen molar-refractivity contribution in [1.82, 2.24) is 29.0 Å². The molecule has 1 atom stereocenters. The van der Waals surface area contributed by atoms with Gasteiger partial charge in [0.15, 0.2) is 11.3 Å². The number of nitrogens with zero attached hydrogens (tertiary/aromatic N) is 6. The van der Waals surface area contributed by atoms with Gasteiger partial charge in [0.1, 0.15) is 6.54 Å². The van der Waals surface area contributed by atoms with Gasteiger partial charge in [0.05, 0.1) is 23.1 Å².